The summed E-state index contributed by atoms with van der Waals surface area (Å²) in [5.41, 5.74) is 3.02. The maximum absolute atomic E-state index is 12.1. The molecule has 3 N–H and O–H groups in total. The van der Waals surface area contributed by atoms with Crippen LogP contribution in [0, 0.1) is 13.8 Å². The van der Waals surface area contributed by atoms with Crippen LogP contribution < -0.4 is 15.5 Å². The lowest BCUT2D eigenvalue weighted by Gasteiger charge is -2.36. The third-order valence-electron chi connectivity index (χ3n) is 4.24. The Morgan fingerprint density at radius 3 is 2.40 bits per heavy atom. The van der Waals surface area contributed by atoms with Gasteiger partial charge in [-0.3, -0.25) is 4.68 Å². The molecule has 1 fully saturated rings. The molecular weight excluding hydrogens is 324 g/mol. The van der Waals surface area contributed by atoms with E-state index in [9.17, 15) is 9.59 Å². The molecule has 0 spiro atoms. The molecule has 0 aromatic carbocycles. The highest BCUT2D eigenvalue weighted by Gasteiger charge is 2.25. The number of rotatable bonds is 5. The van der Waals surface area contributed by atoms with Gasteiger partial charge >= 0.3 is 12.1 Å². The predicted molar refractivity (Wildman–Crippen MR) is 95.2 cm³/mol. The second-order valence-corrected chi connectivity index (χ2v) is 6.55. The van der Waals surface area contributed by atoms with Crippen LogP contribution in [0.1, 0.15) is 25.2 Å². The van der Waals surface area contributed by atoms with Gasteiger partial charge in [0.2, 0.25) is 0 Å². The van der Waals surface area contributed by atoms with Crippen molar-refractivity contribution >= 4 is 17.8 Å². The number of piperazine rings is 1. The fourth-order valence-electron chi connectivity index (χ4n) is 3.10. The standard InChI is InChI=1S/C16H28N6O3/c1-11(2)18-15(23)21-9-7-20(8-10-21)14-12(3)19-22(13(14)4)6-5-17-16(24)25/h11,17H,5-10H2,1-4H3,(H,18,23)(H,24,25). The van der Waals surface area contributed by atoms with E-state index < -0.39 is 6.09 Å². The van der Waals surface area contributed by atoms with Crippen LogP contribution in [0.5, 0.6) is 0 Å². The predicted octanol–water partition coefficient (Wildman–Crippen LogP) is 1.01. The molecule has 1 aliphatic rings. The first-order valence-electron chi connectivity index (χ1n) is 8.60. The molecule has 140 valence electrons. The monoisotopic (exact) mass is 352 g/mol. The normalized spacial score (nSPS) is 14.8. The van der Waals surface area contributed by atoms with Gasteiger partial charge in [0.25, 0.3) is 0 Å². The first-order chi connectivity index (χ1) is 11.8. The summed E-state index contributed by atoms with van der Waals surface area (Å²) >= 11 is 0. The van der Waals surface area contributed by atoms with E-state index in [1.165, 1.54) is 0 Å². The Bertz CT molecular complexity index is 620. The van der Waals surface area contributed by atoms with E-state index in [1.54, 1.807) is 0 Å². The molecule has 0 saturated carbocycles. The van der Waals surface area contributed by atoms with E-state index >= 15 is 0 Å². The van der Waals surface area contributed by atoms with Crippen molar-refractivity contribution in [2.75, 3.05) is 37.6 Å². The second kappa shape index (κ2) is 8.09. The third-order valence-corrected chi connectivity index (χ3v) is 4.24. The molecule has 3 amide bonds. The molecule has 0 bridgehead atoms. The van der Waals surface area contributed by atoms with Crippen LogP contribution in [-0.4, -0.2) is 70.7 Å². The van der Waals surface area contributed by atoms with Crippen molar-refractivity contribution in [3.63, 3.8) is 0 Å². The molecule has 9 nitrogen and oxygen atoms in total. The smallest absolute Gasteiger partial charge is 0.404 e. The Labute approximate surface area is 148 Å². The number of amides is 3. The number of aromatic nitrogens is 2. The molecule has 1 saturated heterocycles. The number of nitrogens with zero attached hydrogens (tertiary/aromatic N) is 4. The molecule has 0 unspecified atom stereocenters. The highest BCUT2D eigenvalue weighted by Crippen LogP contribution is 2.25. The van der Waals surface area contributed by atoms with Crippen molar-refractivity contribution in [3.05, 3.63) is 11.4 Å². The number of carbonyl (C=O) groups is 2. The molecule has 9 heteroatoms. The molecule has 1 aromatic heterocycles. The van der Waals surface area contributed by atoms with E-state index in [-0.39, 0.29) is 12.1 Å². The van der Waals surface area contributed by atoms with Gasteiger partial charge in [0.1, 0.15) is 0 Å². The van der Waals surface area contributed by atoms with Crippen LogP contribution in [0.15, 0.2) is 0 Å². The van der Waals surface area contributed by atoms with Crippen LogP contribution in [0.3, 0.4) is 0 Å². The van der Waals surface area contributed by atoms with Crippen molar-refractivity contribution in [2.45, 2.75) is 40.3 Å². The average Bonchev–Trinajstić information content (AvgIpc) is 2.81. The summed E-state index contributed by atoms with van der Waals surface area (Å²) in [6.45, 7) is 11.5. The number of aryl methyl sites for hydroxylation is 1. The molecule has 1 aliphatic heterocycles. The van der Waals surface area contributed by atoms with Gasteiger partial charge in [-0.2, -0.15) is 5.10 Å². The van der Waals surface area contributed by atoms with Gasteiger partial charge in [-0.05, 0) is 27.7 Å². The van der Waals surface area contributed by atoms with E-state index in [1.807, 2.05) is 37.3 Å². The fraction of sp³-hybridized carbons (Fsp3) is 0.688. The van der Waals surface area contributed by atoms with Gasteiger partial charge in [-0.15, -0.1) is 0 Å². The van der Waals surface area contributed by atoms with Crippen LogP contribution in [-0.2, 0) is 6.54 Å². The number of hydrogen-bond donors (Lipinski definition) is 3. The first-order valence-corrected chi connectivity index (χ1v) is 8.60. The molecule has 0 atom stereocenters. The summed E-state index contributed by atoms with van der Waals surface area (Å²) in [6.07, 6.45) is -1.03. The van der Waals surface area contributed by atoms with Gasteiger partial charge in [0.15, 0.2) is 0 Å². The molecule has 2 heterocycles. The molecular formula is C16H28N6O3. The second-order valence-electron chi connectivity index (χ2n) is 6.55. The highest BCUT2D eigenvalue weighted by molar-refractivity contribution is 5.75. The van der Waals surface area contributed by atoms with E-state index in [0.29, 0.717) is 26.2 Å². The summed E-state index contributed by atoms with van der Waals surface area (Å²) in [6, 6.07) is 0.117. The average molecular weight is 352 g/mol. The summed E-state index contributed by atoms with van der Waals surface area (Å²) < 4.78 is 1.83. The molecule has 25 heavy (non-hydrogen) atoms. The first kappa shape index (κ1) is 18.9. The van der Waals surface area contributed by atoms with Crippen LogP contribution >= 0.6 is 0 Å². The van der Waals surface area contributed by atoms with E-state index in [2.05, 4.69) is 20.6 Å². The van der Waals surface area contributed by atoms with Gasteiger partial charge in [0.05, 0.1) is 23.6 Å². The lowest BCUT2D eigenvalue weighted by Crippen LogP contribution is -2.53. The van der Waals surface area contributed by atoms with Crippen molar-refractivity contribution in [3.8, 4) is 0 Å². The number of nitrogens with one attached hydrogen (secondary N) is 2. The third kappa shape index (κ3) is 4.77. The summed E-state index contributed by atoms with van der Waals surface area (Å²) in [5, 5.41) is 18.5. The number of carbonyl (C=O) groups excluding carboxylic acids is 1. The number of anilines is 1. The zero-order valence-corrected chi connectivity index (χ0v) is 15.4. The van der Waals surface area contributed by atoms with Gasteiger partial charge < -0.3 is 25.5 Å². The summed E-state index contributed by atoms with van der Waals surface area (Å²) in [7, 11) is 0. The van der Waals surface area contributed by atoms with Crippen molar-refractivity contribution < 1.29 is 14.7 Å². The molecule has 0 radical (unpaired) electrons. The summed E-state index contributed by atoms with van der Waals surface area (Å²) in [5.74, 6) is 0. The minimum atomic E-state index is -1.03. The minimum Gasteiger partial charge on any atom is -0.465 e. The maximum atomic E-state index is 12.1. The lowest BCUT2D eigenvalue weighted by atomic mass is 10.2. The maximum Gasteiger partial charge on any atom is 0.404 e. The SMILES string of the molecule is Cc1nn(CCNC(=O)O)c(C)c1N1CCN(C(=O)NC(C)C)CC1. The number of urea groups is 1. The topological polar surface area (TPSA) is 103 Å². The largest absolute Gasteiger partial charge is 0.465 e. The van der Waals surface area contributed by atoms with Gasteiger partial charge in [0, 0.05) is 38.8 Å². The molecule has 2 rings (SSSR count). The van der Waals surface area contributed by atoms with E-state index in [0.717, 1.165) is 30.2 Å². The minimum absolute atomic E-state index is 0.0152. The Kier molecular flexibility index (Phi) is 6.11. The van der Waals surface area contributed by atoms with Crippen LogP contribution in [0.4, 0.5) is 15.3 Å². The van der Waals surface area contributed by atoms with Crippen LogP contribution in [0.2, 0.25) is 0 Å². The Balaban J connectivity index is 1.97. The van der Waals surface area contributed by atoms with Crippen LogP contribution in [0.25, 0.3) is 0 Å². The number of carboxylic acid groups (broad SMARTS) is 1. The quantitative estimate of drug-likeness (QED) is 0.734. The van der Waals surface area contributed by atoms with Gasteiger partial charge in [-0.1, -0.05) is 0 Å². The lowest BCUT2D eigenvalue weighted by molar-refractivity contribution is 0.191. The van der Waals surface area contributed by atoms with Crippen molar-refractivity contribution in [1.29, 1.82) is 0 Å². The molecule has 1 aromatic rings. The fourth-order valence-corrected chi connectivity index (χ4v) is 3.10. The van der Waals surface area contributed by atoms with Crippen molar-refractivity contribution in [1.82, 2.24) is 25.3 Å². The number of hydrogen-bond acceptors (Lipinski definition) is 4. The van der Waals surface area contributed by atoms with Gasteiger partial charge in [-0.25, -0.2) is 9.59 Å². The van der Waals surface area contributed by atoms with Crippen molar-refractivity contribution in [2.24, 2.45) is 0 Å². The Morgan fingerprint density at radius 2 is 1.84 bits per heavy atom. The zero-order valence-electron chi connectivity index (χ0n) is 15.4. The highest BCUT2D eigenvalue weighted by atomic mass is 16.4. The Hall–Kier alpha value is -2.45. The Morgan fingerprint density at radius 1 is 1.20 bits per heavy atom. The van der Waals surface area contributed by atoms with E-state index in [4.69, 9.17) is 5.11 Å². The summed E-state index contributed by atoms with van der Waals surface area (Å²) in [4.78, 5) is 26.7. The molecule has 0 aliphatic carbocycles. The zero-order chi connectivity index (χ0) is 18.6.